The highest BCUT2D eigenvalue weighted by molar-refractivity contribution is 4.49. The van der Waals surface area contributed by atoms with Crippen molar-refractivity contribution in [2.45, 2.75) is 46.3 Å². The molecule has 0 rings (SSSR count). The average Bonchev–Trinajstić information content (AvgIpc) is 2.01. The third-order valence-corrected chi connectivity index (χ3v) is 1.29. The van der Waals surface area contributed by atoms with Gasteiger partial charge in [0, 0.05) is 6.61 Å². The van der Waals surface area contributed by atoms with E-state index in [4.69, 9.17) is 9.47 Å². The minimum Gasteiger partial charge on any atom is -0.353 e. The Morgan fingerprint density at radius 3 is 2.45 bits per heavy atom. The molecule has 0 saturated carbocycles. The predicted octanol–water partition coefficient (Wildman–Crippen LogP) is 2.74. The molecule has 2 heteroatoms. The second kappa shape index (κ2) is 8.02. The Kier molecular flexibility index (Phi) is 7.96. The third-order valence-electron chi connectivity index (χ3n) is 1.29. The van der Waals surface area contributed by atoms with E-state index in [2.05, 4.69) is 13.8 Å². The Hall–Kier alpha value is -0.0800. The lowest BCUT2D eigenvalue weighted by Crippen LogP contribution is -2.15. The van der Waals surface area contributed by atoms with Gasteiger partial charge >= 0.3 is 0 Å². The summed E-state index contributed by atoms with van der Waals surface area (Å²) in [4.78, 5) is 0. The monoisotopic (exact) mass is 159 g/mol. The lowest BCUT2D eigenvalue weighted by atomic mass is 10.3. The fourth-order valence-electron chi connectivity index (χ4n) is 0.816. The van der Waals surface area contributed by atoms with Crippen LogP contribution in [0.4, 0.5) is 0 Å². The highest BCUT2D eigenvalue weighted by Gasteiger charge is 2.05. The molecule has 0 amide bonds. The summed E-state index contributed by atoms with van der Waals surface area (Å²) in [5.41, 5.74) is 0. The van der Waals surface area contributed by atoms with Crippen molar-refractivity contribution in [1.29, 1.82) is 0 Å². The zero-order chi connectivity index (χ0) is 8.53. The SMILES string of the molecule is CC[CH]OC(CCC)OCC. The molecule has 0 aromatic carbocycles. The minimum atomic E-state index is -0.0232. The van der Waals surface area contributed by atoms with E-state index in [0.29, 0.717) is 0 Å². The minimum absolute atomic E-state index is 0.0232. The fourth-order valence-corrected chi connectivity index (χ4v) is 0.816. The number of hydrogen-bond acceptors (Lipinski definition) is 2. The van der Waals surface area contributed by atoms with E-state index in [0.717, 1.165) is 25.9 Å². The van der Waals surface area contributed by atoms with Crippen LogP contribution in [-0.4, -0.2) is 12.9 Å². The quantitative estimate of drug-likeness (QED) is 0.532. The number of hydrogen-bond donors (Lipinski definition) is 0. The standard InChI is InChI=1S/C9H19O2/c1-4-7-9(10-6-3)11-8-5-2/h8-9H,4-7H2,1-3H3. The lowest BCUT2D eigenvalue weighted by Gasteiger charge is -2.15. The van der Waals surface area contributed by atoms with Crippen LogP contribution in [0.1, 0.15) is 40.0 Å². The van der Waals surface area contributed by atoms with Gasteiger partial charge in [0.25, 0.3) is 0 Å². The molecule has 0 spiro atoms. The largest absolute Gasteiger partial charge is 0.353 e. The first-order valence-electron chi connectivity index (χ1n) is 4.43. The molecule has 0 aromatic rings. The molecule has 0 N–H and O–H groups in total. The average molecular weight is 159 g/mol. The Morgan fingerprint density at radius 1 is 1.27 bits per heavy atom. The number of rotatable bonds is 7. The summed E-state index contributed by atoms with van der Waals surface area (Å²) in [6.45, 7) is 8.69. The van der Waals surface area contributed by atoms with Gasteiger partial charge in [-0.3, -0.25) is 0 Å². The topological polar surface area (TPSA) is 18.5 Å². The van der Waals surface area contributed by atoms with Crippen LogP contribution in [0, 0.1) is 6.61 Å². The molecule has 0 aromatic heterocycles. The lowest BCUT2D eigenvalue weighted by molar-refractivity contribution is -0.122. The van der Waals surface area contributed by atoms with Gasteiger partial charge in [0.1, 0.15) is 0 Å². The molecule has 1 radical (unpaired) electrons. The molecule has 1 atom stereocenters. The van der Waals surface area contributed by atoms with Crippen molar-refractivity contribution in [2.75, 3.05) is 6.61 Å². The second-order valence-corrected chi connectivity index (χ2v) is 2.38. The van der Waals surface area contributed by atoms with Crippen molar-refractivity contribution in [3.63, 3.8) is 0 Å². The van der Waals surface area contributed by atoms with E-state index in [1.165, 1.54) is 0 Å². The van der Waals surface area contributed by atoms with Crippen LogP contribution in [-0.2, 0) is 9.47 Å². The van der Waals surface area contributed by atoms with Gasteiger partial charge in [-0.05, 0) is 19.8 Å². The Balaban J connectivity index is 3.34. The van der Waals surface area contributed by atoms with Crippen molar-refractivity contribution in [3.8, 4) is 0 Å². The van der Waals surface area contributed by atoms with Crippen molar-refractivity contribution >= 4 is 0 Å². The van der Waals surface area contributed by atoms with E-state index in [1.807, 2.05) is 6.92 Å². The molecule has 1 unspecified atom stereocenters. The van der Waals surface area contributed by atoms with Crippen LogP contribution in [0.5, 0.6) is 0 Å². The molecule has 0 heterocycles. The molecular formula is C9H19O2. The first-order valence-corrected chi connectivity index (χ1v) is 4.43. The number of ether oxygens (including phenoxy) is 2. The van der Waals surface area contributed by atoms with Gasteiger partial charge in [-0.2, -0.15) is 0 Å². The zero-order valence-corrected chi connectivity index (χ0v) is 7.80. The highest BCUT2D eigenvalue weighted by atomic mass is 16.7. The molecule has 67 valence electrons. The molecule has 0 aliphatic heterocycles. The summed E-state index contributed by atoms with van der Waals surface area (Å²) in [7, 11) is 0. The van der Waals surface area contributed by atoms with Gasteiger partial charge in [-0.1, -0.05) is 20.3 Å². The van der Waals surface area contributed by atoms with Gasteiger partial charge in [0.15, 0.2) is 6.29 Å². The normalized spacial score (nSPS) is 13.4. The van der Waals surface area contributed by atoms with Crippen LogP contribution in [0.2, 0.25) is 0 Å². The zero-order valence-electron chi connectivity index (χ0n) is 7.80. The molecule has 2 nitrogen and oxygen atoms in total. The summed E-state index contributed by atoms with van der Waals surface area (Å²) in [5, 5.41) is 0. The van der Waals surface area contributed by atoms with Gasteiger partial charge in [-0.25, -0.2) is 0 Å². The summed E-state index contributed by atoms with van der Waals surface area (Å²) in [5.74, 6) is 0. The first kappa shape index (κ1) is 10.9. The highest BCUT2D eigenvalue weighted by Crippen LogP contribution is 2.06. The molecule has 0 aliphatic carbocycles. The van der Waals surface area contributed by atoms with Crippen LogP contribution in [0.3, 0.4) is 0 Å². The molecule has 0 saturated heterocycles. The smallest absolute Gasteiger partial charge is 0.158 e. The maximum atomic E-state index is 5.33. The summed E-state index contributed by atoms with van der Waals surface area (Å²) in [6.07, 6.45) is 2.99. The Bertz CT molecular complexity index is 68.0. The van der Waals surface area contributed by atoms with Crippen molar-refractivity contribution < 1.29 is 9.47 Å². The van der Waals surface area contributed by atoms with Gasteiger partial charge in [-0.15, -0.1) is 0 Å². The third kappa shape index (κ3) is 6.32. The van der Waals surface area contributed by atoms with Gasteiger partial charge < -0.3 is 9.47 Å². The molecule has 11 heavy (non-hydrogen) atoms. The molecular weight excluding hydrogens is 140 g/mol. The van der Waals surface area contributed by atoms with Crippen molar-refractivity contribution in [2.24, 2.45) is 0 Å². The van der Waals surface area contributed by atoms with Crippen LogP contribution in [0.25, 0.3) is 0 Å². The van der Waals surface area contributed by atoms with E-state index in [1.54, 1.807) is 6.61 Å². The predicted molar refractivity (Wildman–Crippen MR) is 46.0 cm³/mol. The van der Waals surface area contributed by atoms with Crippen molar-refractivity contribution in [3.05, 3.63) is 6.61 Å². The first-order chi connectivity index (χ1) is 5.35. The summed E-state index contributed by atoms with van der Waals surface area (Å²) in [6, 6.07) is 0. The van der Waals surface area contributed by atoms with E-state index >= 15 is 0 Å². The maximum Gasteiger partial charge on any atom is 0.158 e. The van der Waals surface area contributed by atoms with Gasteiger partial charge in [0.2, 0.25) is 0 Å². The fraction of sp³-hybridized carbons (Fsp3) is 0.889. The van der Waals surface area contributed by atoms with Crippen LogP contribution >= 0.6 is 0 Å². The molecule has 0 aliphatic rings. The maximum absolute atomic E-state index is 5.33. The van der Waals surface area contributed by atoms with Gasteiger partial charge in [0.05, 0.1) is 6.61 Å². The summed E-state index contributed by atoms with van der Waals surface area (Å²) < 4.78 is 10.7. The van der Waals surface area contributed by atoms with E-state index < -0.39 is 0 Å². The molecule has 0 fully saturated rings. The van der Waals surface area contributed by atoms with Crippen molar-refractivity contribution in [1.82, 2.24) is 0 Å². The van der Waals surface area contributed by atoms with E-state index in [-0.39, 0.29) is 6.29 Å². The summed E-state index contributed by atoms with van der Waals surface area (Å²) >= 11 is 0. The van der Waals surface area contributed by atoms with Crippen LogP contribution < -0.4 is 0 Å². The Morgan fingerprint density at radius 2 is 2.00 bits per heavy atom. The van der Waals surface area contributed by atoms with E-state index in [9.17, 15) is 0 Å². The van der Waals surface area contributed by atoms with Crippen LogP contribution in [0.15, 0.2) is 0 Å². The Labute approximate surface area is 69.9 Å². The second-order valence-electron chi connectivity index (χ2n) is 2.38. The molecule has 0 bridgehead atoms.